The Morgan fingerprint density at radius 2 is 2.19 bits per heavy atom. The molecule has 5 nitrogen and oxygen atoms in total. The van der Waals surface area contributed by atoms with Crippen molar-refractivity contribution in [2.75, 3.05) is 0 Å². The van der Waals surface area contributed by atoms with E-state index in [1.807, 2.05) is 12.1 Å². The van der Waals surface area contributed by atoms with E-state index < -0.39 is 0 Å². The highest BCUT2D eigenvalue weighted by atomic mass is 16.3. The average molecular weight is 210 g/mol. The molecule has 5 heteroatoms. The van der Waals surface area contributed by atoms with Crippen molar-refractivity contribution in [2.24, 2.45) is 0 Å². The highest BCUT2D eigenvalue weighted by Gasteiger charge is 2.14. The van der Waals surface area contributed by atoms with Gasteiger partial charge in [0.2, 0.25) is 5.71 Å². The van der Waals surface area contributed by atoms with Crippen LogP contribution in [0.3, 0.4) is 0 Å². The Morgan fingerprint density at radius 1 is 1.19 bits per heavy atom. The van der Waals surface area contributed by atoms with E-state index in [0.29, 0.717) is 11.3 Å². The maximum absolute atomic E-state index is 5.62. The molecule has 0 amide bonds. The van der Waals surface area contributed by atoms with E-state index in [-0.39, 0.29) is 0 Å². The third-order valence-corrected chi connectivity index (χ3v) is 2.65. The van der Waals surface area contributed by atoms with Gasteiger partial charge in [-0.05, 0) is 12.1 Å². The molecule has 0 bridgehead atoms. The Balaban J connectivity index is 2.38. The standard InChI is InChI=1S/C11H6N4O/c1-2-6-9(13-3-1)8-10-7(4-12-5-14-10)16-11(8)15-6/h1-5,15H. The first-order valence-electron chi connectivity index (χ1n) is 4.88. The summed E-state index contributed by atoms with van der Waals surface area (Å²) in [4.78, 5) is 15.7. The second-order valence-corrected chi connectivity index (χ2v) is 3.57. The summed E-state index contributed by atoms with van der Waals surface area (Å²) in [6.45, 7) is 0. The summed E-state index contributed by atoms with van der Waals surface area (Å²) in [5, 5.41) is 0.924. The van der Waals surface area contributed by atoms with Crippen molar-refractivity contribution in [2.45, 2.75) is 0 Å². The molecule has 0 aliphatic heterocycles. The molecule has 0 aliphatic carbocycles. The number of hydrogen-bond donors (Lipinski definition) is 1. The molecule has 0 spiro atoms. The summed E-state index contributed by atoms with van der Waals surface area (Å²) in [5.74, 6) is 0. The van der Waals surface area contributed by atoms with Gasteiger partial charge in [-0.2, -0.15) is 0 Å². The van der Waals surface area contributed by atoms with Crippen LogP contribution in [0.4, 0.5) is 0 Å². The molecule has 0 aromatic carbocycles. The van der Waals surface area contributed by atoms with Crippen LogP contribution in [-0.4, -0.2) is 19.9 Å². The number of aromatic nitrogens is 4. The van der Waals surface area contributed by atoms with Crippen molar-refractivity contribution in [3.05, 3.63) is 30.9 Å². The fourth-order valence-corrected chi connectivity index (χ4v) is 1.98. The first-order chi connectivity index (χ1) is 7.93. The zero-order valence-electron chi connectivity index (χ0n) is 8.14. The van der Waals surface area contributed by atoms with Crippen molar-refractivity contribution in [1.82, 2.24) is 19.9 Å². The van der Waals surface area contributed by atoms with E-state index in [9.17, 15) is 0 Å². The first-order valence-corrected chi connectivity index (χ1v) is 4.88. The van der Waals surface area contributed by atoms with Gasteiger partial charge in [0.25, 0.3) is 0 Å². The van der Waals surface area contributed by atoms with E-state index in [1.165, 1.54) is 6.33 Å². The molecular formula is C11H6N4O. The number of rotatable bonds is 0. The van der Waals surface area contributed by atoms with Gasteiger partial charge in [-0.15, -0.1) is 0 Å². The topological polar surface area (TPSA) is 67.6 Å². The van der Waals surface area contributed by atoms with E-state index in [1.54, 1.807) is 12.4 Å². The second kappa shape index (κ2) is 2.57. The summed E-state index contributed by atoms with van der Waals surface area (Å²) in [6.07, 6.45) is 4.93. The van der Waals surface area contributed by atoms with Crippen molar-refractivity contribution in [3.63, 3.8) is 0 Å². The van der Waals surface area contributed by atoms with E-state index in [0.717, 1.165) is 21.9 Å². The van der Waals surface area contributed by atoms with Gasteiger partial charge in [-0.3, -0.25) is 4.98 Å². The summed E-state index contributed by atoms with van der Waals surface area (Å²) in [5.41, 5.74) is 4.02. The molecule has 0 unspecified atom stereocenters. The van der Waals surface area contributed by atoms with Crippen LogP contribution in [0.5, 0.6) is 0 Å². The molecule has 16 heavy (non-hydrogen) atoms. The van der Waals surface area contributed by atoms with E-state index in [4.69, 9.17) is 4.42 Å². The lowest BCUT2D eigenvalue weighted by Gasteiger charge is -1.88. The summed E-state index contributed by atoms with van der Waals surface area (Å²) in [7, 11) is 0. The normalized spacial score (nSPS) is 11.8. The van der Waals surface area contributed by atoms with Crippen molar-refractivity contribution in [3.8, 4) is 0 Å². The Hall–Kier alpha value is -2.43. The number of nitrogens with zero attached hydrogens (tertiary/aromatic N) is 3. The highest BCUT2D eigenvalue weighted by Crippen LogP contribution is 2.31. The SMILES string of the molecule is c1cnc2c(c1)[nH]c1oc3cncnc3c12. The number of fused-ring (bicyclic) bond motifs is 5. The summed E-state index contributed by atoms with van der Waals surface area (Å²) < 4.78 is 5.62. The van der Waals surface area contributed by atoms with E-state index >= 15 is 0 Å². The number of nitrogens with one attached hydrogen (secondary N) is 1. The fraction of sp³-hybridized carbons (Fsp3) is 0. The first kappa shape index (κ1) is 7.81. The lowest BCUT2D eigenvalue weighted by molar-refractivity contribution is 0.654. The number of pyridine rings is 1. The minimum atomic E-state index is 0.677. The summed E-state index contributed by atoms with van der Waals surface area (Å²) >= 11 is 0. The third-order valence-electron chi connectivity index (χ3n) is 2.65. The molecule has 0 atom stereocenters. The van der Waals surface area contributed by atoms with Crippen LogP contribution in [-0.2, 0) is 0 Å². The lowest BCUT2D eigenvalue weighted by atomic mass is 10.3. The van der Waals surface area contributed by atoms with Crippen LogP contribution >= 0.6 is 0 Å². The van der Waals surface area contributed by atoms with Crippen LogP contribution < -0.4 is 0 Å². The maximum atomic E-state index is 5.62. The van der Waals surface area contributed by atoms with E-state index in [2.05, 4.69) is 19.9 Å². The maximum Gasteiger partial charge on any atom is 0.210 e. The van der Waals surface area contributed by atoms with Gasteiger partial charge in [0, 0.05) is 6.20 Å². The molecule has 0 aliphatic rings. The minimum absolute atomic E-state index is 0.677. The number of aromatic amines is 1. The molecule has 4 rings (SSSR count). The molecule has 0 fully saturated rings. The largest absolute Gasteiger partial charge is 0.436 e. The molecule has 0 radical (unpaired) electrons. The van der Waals surface area contributed by atoms with Crippen molar-refractivity contribution < 1.29 is 4.42 Å². The third kappa shape index (κ3) is 0.826. The van der Waals surface area contributed by atoms with Crippen LogP contribution in [0.2, 0.25) is 0 Å². The Labute approximate surface area is 89.1 Å². The molecule has 4 heterocycles. The molecule has 76 valence electrons. The molecule has 4 aromatic rings. The van der Waals surface area contributed by atoms with Gasteiger partial charge in [-0.25, -0.2) is 9.97 Å². The zero-order chi connectivity index (χ0) is 10.5. The zero-order valence-corrected chi connectivity index (χ0v) is 8.14. The smallest absolute Gasteiger partial charge is 0.210 e. The second-order valence-electron chi connectivity index (χ2n) is 3.57. The monoisotopic (exact) mass is 210 g/mol. The quantitative estimate of drug-likeness (QED) is 0.483. The van der Waals surface area contributed by atoms with Gasteiger partial charge in [0.05, 0.1) is 17.1 Å². The van der Waals surface area contributed by atoms with Crippen molar-refractivity contribution >= 4 is 33.2 Å². The van der Waals surface area contributed by atoms with Gasteiger partial charge in [0.1, 0.15) is 17.4 Å². The Morgan fingerprint density at radius 3 is 3.19 bits per heavy atom. The Bertz CT molecular complexity index is 749. The molecular weight excluding hydrogens is 204 g/mol. The molecule has 1 N–H and O–H groups in total. The van der Waals surface area contributed by atoms with Crippen molar-refractivity contribution in [1.29, 1.82) is 0 Å². The van der Waals surface area contributed by atoms with Gasteiger partial charge in [-0.1, -0.05) is 0 Å². The van der Waals surface area contributed by atoms with Crippen LogP contribution in [0.15, 0.2) is 35.3 Å². The summed E-state index contributed by atoms with van der Waals surface area (Å²) in [6, 6.07) is 3.85. The predicted molar refractivity (Wildman–Crippen MR) is 59.0 cm³/mol. The van der Waals surface area contributed by atoms with Gasteiger partial charge >= 0.3 is 0 Å². The minimum Gasteiger partial charge on any atom is -0.436 e. The van der Waals surface area contributed by atoms with Gasteiger partial charge in [0.15, 0.2) is 5.58 Å². The number of furan rings is 1. The lowest BCUT2D eigenvalue weighted by Crippen LogP contribution is -1.77. The van der Waals surface area contributed by atoms with Crippen LogP contribution in [0.1, 0.15) is 0 Å². The van der Waals surface area contributed by atoms with Crippen LogP contribution in [0, 0.1) is 0 Å². The predicted octanol–water partition coefficient (Wildman–Crippen LogP) is 2.25. The Kier molecular flexibility index (Phi) is 1.26. The number of hydrogen-bond acceptors (Lipinski definition) is 4. The molecule has 0 saturated carbocycles. The molecule has 0 saturated heterocycles. The average Bonchev–Trinajstić information content (AvgIpc) is 2.83. The molecule has 4 aromatic heterocycles. The van der Waals surface area contributed by atoms with Crippen LogP contribution in [0.25, 0.3) is 33.2 Å². The fourth-order valence-electron chi connectivity index (χ4n) is 1.98. The number of H-pyrrole nitrogens is 1. The highest BCUT2D eigenvalue weighted by molar-refractivity contribution is 6.15. The van der Waals surface area contributed by atoms with Gasteiger partial charge < -0.3 is 9.40 Å².